The molecule has 142 valence electrons. The van der Waals surface area contributed by atoms with Gasteiger partial charge in [0, 0.05) is 5.69 Å². The molecule has 0 aliphatic carbocycles. The summed E-state index contributed by atoms with van der Waals surface area (Å²) < 4.78 is 6.89. The van der Waals surface area contributed by atoms with E-state index in [0.717, 1.165) is 16.9 Å². The van der Waals surface area contributed by atoms with Crippen LogP contribution in [-0.2, 0) is 6.54 Å². The summed E-state index contributed by atoms with van der Waals surface area (Å²) in [6.45, 7) is 5.84. The molecule has 3 aromatic heterocycles. The highest BCUT2D eigenvalue weighted by molar-refractivity contribution is 6.31. The molecule has 7 nitrogen and oxygen atoms in total. The molecule has 0 N–H and O–H groups in total. The minimum absolute atomic E-state index is 0.169. The number of benzene rings is 1. The summed E-state index contributed by atoms with van der Waals surface area (Å²) in [5.41, 5.74) is 3.27. The van der Waals surface area contributed by atoms with Gasteiger partial charge in [-0.2, -0.15) is 9.50 Å². The fourth-order valence-electron chi connectivity index (χ4n) is 2.94. The van der Waals surface area contributed by atoms with Crippen molar-refractivity contribution in [3.8, 4) is 0 Å². The van der Waals surface area contributed by atoms with Crippen molar-refractivity contribution in [2.75, 3.05) is 4.90 Å². The second-order valence-corrected chi connectivity index (χ2v) is 6.92. The molecule has 0 unspecified atom stereocenters. The van der Waals surface area contributed by atoms with Crippen LogP contribution in [0.3, 0.4) is 0 Å². The molecule has 28 heavy (non-hydrogen) atoms. The zero-order valence-corrected chi connectivity index (χ0v) is 16.4. The highest BCUT2D eigenvalue weighted by Gasteiger charge is 2.23. The van der Waals surface area contributed by atoms with Gasteiger partial charge in [0.2, 0.25) is 0 Å². The molecular weight excluding hydrogens is 378 g/mol. The van der Waals surface area contributed by atoms with Crippen LogP contribution in [0.4, 0.5) is 5.69 Å². The van der Waals surface area contributed by atoms with Gasteiger partial charge in [-0.1, -0.05) is 29.3 Å². The van der Waals surface area contributed by atoms with Crippen LogP contribution >= 0.6 is 11.6 Å². The third-order valence-electron chi connectivity index (χ3n) is 4.48. The number of amides is 1. The Labute approximate surface area is 166 Å². The molecule has 4 rings (SSSR count). The van der Waals surface area contributed by atoms with Crippen molar-refractivity contribution in [3.05, 3.63) is 76.2 Å². The van der Waals surface area contributed by atoms with Crippen LogP contribution in [0.2, 0.25) is 5.02 Å². The Morgan fingerprint density at radius 1 is 1.14 bits per heavy atom. The summed E-state index contributed by atoms with van der Waals surface area (Å²) in [5.74, 6) is 0.880. The molecule has 0 saturated carbocycles. The van der Waals surface area contributed by atoms with E-state index in [1.807, 2.05) is 45.0 Å². The molecule has 0 aliphatic rings. The van der Waals surface area contributed by atoms with Crippen LogP contribution in [0.25, 0.3) is 5.78 Å². The second kappa shape index (κ2) is 7.09. The van der Waals surface area contributed by atoms with E-state index in [1.54, 1.807) is 21.5 Å². The van der Waals surface area contributed by atoms with Crippen molar-refractivity contribution in [1.82, 2.24) is 19.6 Å². The second-order valence-electron chi connectivity index (χ2n) is 6.54. The van der Waals surface area contributed by atoms with Crippen LogP contribution < -0.4 is 4.90 Å². The molecule has 0 atom stereocenters. The summed E-state index contributed by atoms with van der Waals surface area (Å²) in [7, 11) is 0. The van der Waals surface area contributed by atoms with Gasteiger partial charge in [-0.25, -0.2) is 4.98 Å². The van der Waals surface area contributed by atoms with Crippen LogP contribution in [0.5, 0.6) is 0 Å². The predicted molar refractivity (Wildman–Crippen MR) is 106 cm³/mol. The van der Waals surface area contributed by atoms with E-state index in [9.17, 15) is 4.79 Å². The Hall–Kier alpha value is -3.19. The average molecular weight is 396 g/mol. The van der Waals surface area contributed by atoms with Crippen molar-refractivity contribution in [1.29, 1.82) is 0 Å². The Balaban J connectivity index is 1.75. The molecule has 1 aromatic carbocycles. The van der Waals surface area contributed by atoms with Gasteiger partial charge in [-0.05, 0) is 45.0 Å². The molecule has 0 spiro atoms. The summed E-state index contributed by atoms with van der Waals surface area (Å²) >= 11 is 6.27. The van der Waals surface area contributed by atoms with Gasteiger partial charge in [0.05, 0.1) is 29.2 Å². The smallest absolute Gasteiger partial charge is 0.294 e. The maximum Gasteiger partial charge on any atom is 0.294 e. The predicted octanol–water partition coefficient (Wildman–Crippen LogP) is 4.14. The van der Waals surface area contributed by atoms with Gasteiger partial charge in [-0.15, -0.1) is 5.10 Å². The van der Waals surface area contributed by atoms with Gasteiger partial charge >= 0.3 is 0 Å². The minimum atomic E-state index is -0.272. The first-order valence-corrected chi connectivity index (χ1v) is 9.12. The third kappa shape index (κ3) is 3.25. The summed E-state index contributed by atoms with van der Waals surface area (Å²) in [4.78, 5) is 23.5. The Morgan fingerprint density at radius 3 is 2.57 bits per heavy atom. The number of fused-ring (bicyclic) bond motifs is 1. The first-order valence-electron chi connectivity index (χ1n) is 8.74. The normalized spacial score (nSPS) is 11.1. The van der Waals surface area contributed by atoms with Gasteiger partial charge in [-0.3, -0.25) is 9.69 Å². The molecule has 3 heterocycles. The molecule has 0 saturated heterocycles. The van der Waals surface area contributed by atoms with E-state index in [-0.39, 0.29) is 18.2 Å². The lowest BCUT2D eigenvalue weighted by Gasteiger charge is -2.20. The first-order chi connectivity index (χ1) is 13.4. The van der Waals surface area contributed by atoms with E-state index < -0.39 is 0 Å². The van der Waals surface area contributed by atoms with Crippen molar-refractivity contribution >= 4 is 29.0 Å². The molecule has 4 aromatic rings. The lowest BCUT2D eigenvalue weighted by atomic mass is 10.2. The number of anilines is 1. The lowest BCUT2D eigenvalue weighted by Crippen LogP contribution is -2.30. The van der Waals surface area contributed by atoms with Gasteiger partial charge in [0.15, 0.2) is 11.6 Å². The molecule has 0 fully saturated rings. The molecule has 8 heteroatoms. The largest absolute Gasteiger partial charge is 0.459 e. The Bertz CT molecular complexity index is 1150. The van der Waals surface area contributed by atoms with Crippen molar-refractivity contribution < 1.29 is 9.21 Å². The fraction of sp³-hybridized carbons (Fsp3) is 0.200. The first kappa shape index (κ1) is 18.2. The zero-order valence-electron chi connectivity index (χ0n) is 15.7. The van der Waals surface area contributed by atoms with E-state index in [1.165, 1.54) is 6.26 Å². The Morgan fingerprint density at radius 2 is 1.89 bits per heavy atom. The maximum atomic E-state index is 13.0. The van der Waals surface area contributed by atoms with Gasteiger partial charge < -0.3 is 4.42 Å². The van der Waals surface area contributed by atoms with Crippen LogP contribution in [0.15, 0.2) is 47.1 Å². The van der Waals surface area contributed by atoms with Gasteiger partial charge in [0.25, 0.3) is 11.7 Å². The quantitative estimate of drug-likeness (QED) is 0.519. The van der Waals surface area contributed by atoms with Crippen LogP contribution in [0.1, 0.15) is 33.3 Å². The molecular formula is C20H18ClN5O2. The minimum Gasteiger partial charge on any atom is -0.459 e. The number of rotatable bonds is 4. The van der Waals surface area contributed by atoms with Crippen LogP contribution in [-0.4, -0.2) is 25.5 Å². The standard InChI is InChI=1S/C20H18ClN5O2/c1-12-6-8-15(9-7-12)25(19(27)16-5-4-10-28-16)11-17-23-20-22-13(2)18(21)14(3)26(20)24-17/h4-10H,11H2,1-3H3. The van der Waals surface area contributed by atoms with Crippen LogP contribution in [0, 0.1) is 20.8 Å². The van der Waals surface area contributed by atoms with E-state index in [4.69, 9.17) is 16.0 Å². The number of hydrogen-bond acceptors (Lipinski definition) is 5. The van der Waals surface area contributed by atoms with E-state index in [0.29, 0.717) is 22.3 Å². The number of furan rings is 1. The molecule has 1 amide bonds. The van der Waals surface area contributed by atoms with Crippen molar-refractivity contribution in [2.24, 2.45) is 0 Å². The molecule has 0 radical (unpaired) electrons. The number of nitrogens with zero attached hydrogens (tertiary/aromatic N) is 5. The topological polar surface area (TPSA) is 76.5 Å². The monoisotopic (exact) mass is 395 g/mol. The lowest BCUT2D eigenvalue weighted by molar-refractivity contribution is 0.0957. The molecule has 0 aliphatic heterocycles. The Kier molecular flexibility index (Phi) is 4.60. The average Bonchev–Trinajstić information content (AvgIpc) is 3.35. The summed E-state index contributed by atoms with van der Waals surface area (Å²) in [6, 6.07) is 11.0. The number of halogens is 1. The van der Waals surface area contributed by atoms with Gasteiger partial charge in [0.1, 0.15) is 0 Å². The highest BCUT2D eigenvalue weighted by Crippen LogP contribution is 2.22. The summed E-state index contributed by atoms with van der Waals surface area (Å²) in [5, 5.41) is 5.04. The van der Waals surface area contributed by atoms with E-state index in [2.05, 4.69) is 15.1 Å². The maximum absolute atomic E-state index is 13.0. The number of hydrogen-bond donors (Lipinski definition) is 0. The van der Waals surface area contributed by atoms with Crippen molar-refractivity contribution in [3.63, 3.8) is 0 Å². The third-order valence-corrected chi connectivity index (χ3v) is 5.02. The number of aryl methyl sites for hydroxylation is 3. The van der Waals surface area contributed by atoms with E-state index >= 15 is 0 Å². The zero-order chi connectivity index (χ0) is 19.8. The number of aromatic nitrogens is 4. The number of carbonyl (C=O) groups is 1. The highest BCUT2D eigenvalue weighted by atomic mass is 35.5. The molecule has 0 bridgehead atoms. The fourth-order valence-corrected chi connectivity index (χ4v) is 3.07. The summed E-state index contributed by atoms with van der Waals surface area (Å²) in [6.07, 6.45) is 1.47. The number of carbonyl (C=O) groups excluding carboxylic acids is 1. The SMILES string of the molecule is Cc1ccc(N(Cc2nc3nc(C)c(Cl)c(C)n3n2)C(=O)c2ccco2)cc1. The van der Waals surface area contributed by atoms with Crippen molar-refractivity contribution in [2.45, 2.75) is 27.3 Å².